The average Bonchev–Trinajstić information content (AvgIpc) is 2.20. The van der Waals surface area contributed by atoms with Crippen molar-refractivity contribution in [3.05, 3.63) is 12.7 Å². The molecule has 0 radical (unpaired) electrons. The van der Waals surface area contributed by atoms with E-state index in [2.05, 4.69) is 21.1 Å². The van der Waals surface area contributed by atoms with E-state index in [1.807, 2.05) is 0 Å². The van der Waals surface area contributed by atoms with Gasteiger partial charge in [-0.15, -0.1) is 0 Å². The Hall–Kier alpha value is -1.85. The molecule has 6 heteroatoms. The van der Waals surface area contributed by atoms with Gasteiger partial charge < -0.3 is 4.74 Å². The maximum Gasteiger partial charge on any atom is 0.356 e. The molecule has 0 aliphatic rings. The van der Waals surface area contributed by atoms with Crippen molar-refractivity contribution in [1.29, 1.82) is 0 Å². The van der Waals surface area contributed by atoms with Gasteiger partial charge in [-0.1, -0.05) is 12.7 Å². The van der Waals surface area contributed by atoms with Gasteiger partial charge in [-0.25, -0.2) is 9.68 Å². The minimum atomic E-state index is -0.812. The molecule has 0 saturated heterocycles. The Kier molecular flexibility index (Phi) is 6.75. The smallest absolute Gasteiger partial charge is 0.356 e. The molecule has 0 N–H and O–H groups in total. The molecule has 0 aromatic rings. The Morgan fingerprint density at radius 3 is 2.43 bits per heavy atom. The van der Waals surface area contributed by atoms with Crippen LogP contribution < -0.4 is 0 Å². The van der Waals surface area contributed by atoms with E-state index in [4.69, 9.17) is 0 Å². The van der Waals surface area contributed by atoms with Crippen LogP contribution in [0.2, 0.25) is 0 Å². The van der Waals surface area contributed by atoms with Crippen LogP contribution in [0.25, 0.3) is 0 Å². The first kappa shape index (κ1) is 12.2. The van der Waals surface area contributed by atoms with E-state index in [1.54, 1.807) is 0 Å². The Morgan fingerprint density at radius 1 is 1.21 bits per heavy atom. The van der Waals surface area contributed by atoms with Gasteiger partial charge in [0.15, 0.2) is 0 Å². The van der Waals surface area contributed by atoms with Crippen LogP contribution in [0.15, 0.2) is 12.7 Å². The van der Waals surface area contributed by atoms with Crippen LogP contribution in [0.3, 0.4) is 0 Å². The molecule has 0 aliphatic carbocycles. The maximum atomic E-state index is 10.8. The van der Waals surface area contributed by atoms with Crippen molar-refractivity contribution in [2.45, 2.75) is 12.8 Å². The van der Waals surface area contributed by atoms with Gasteiger partial charge in [0, 0.05) is 0 Å². The largest absolute Gasteiger partial charge is 0.461 e. The number of carbonyl (C=O) groups excluding carboxylic acids is 3. The van der Waals surface area contributed by atoms with Crippen molar-refractivity contribution < 1.29 is 28.9 Å². The van der Waals surface area contributed by atoms with Gasteiger partial charge in [0.05, 0.1) is 12.8 Å². The lowest BCUT2D eigenvalue weighted by Crippen LogP contribution is -2.10. The van der Waals surface area contributed by atoms with Crippen LogP contribution in [0, 0.1) is 0 Å². The molecular weight excluding hydrogens is 192 g/mol. The van der Waals surface area contributed by atoms with Gasteiger partial charge in [-0.05, 0) is 0 Å². The van der Waals surface area contributed by atoms with Crippen LogP contribution >= 0.6 is 0 Å². The first-order chi connectivity index (χ1) is 6.70. The second kappa shape index (κ2) is 7.78. The summed E-state index contributed by atoms with van der Waals surface area (Å²) in [6.07, 6.45) is 1.07. The summed E-state index contributed by atoms with van der Waals surface area (Å²) in [6.45, 7) is 3.40. The van der Waals surface area contributed by atoms with Gasteiger partial charge in [-0.3, -0.25) is 14.5 Å². The summed E-state index contributed by atoms with van der Waals surface area (Å²) in [7, 11) is 0. The molecule has 0 aromatic carbocycles. The highest BCUT2D eigenvalue weighted by Gasteiger charge is 2.09. The first-order valence-electron chi connectivity index (χ1n) is 3.77. The number of hydrogen-bond donors (Lipinski definition) is 0. The predicted octanol–water partition coefficient (Wildman–Crippen LogP) is 0.127. The molecule has 0 fully saturated rings. The molecule has 0 spiro atoms. The fraction of sp³-hybridized carbons (Fsp3) is 0.375. The van der Waals surface area contributed by atoms with Gasteiger partial charge in [-0.2, -0.15) is 0 Å². The number of esters is 1. The van der Waals surface area contributed by atoms with E-state index in [9.17, 15) is 14.4 Å². The van der Waals surface area contributed by atoms with Gasteiger partial charge in [0.1, 0.15) is 6.61 Å². The molecule has 0 aromatic heterocycles. The fourth-order valence-corrected chi connectivity index (χ4v) is 0.543. The number of hydrogen-bond acceptors (Lipinski definition) is 6. The zero-order valence-electron chi connectivity index (χ0n) is 7.43. The molecule has 0 bridgehead atoms. The molecule has 14 heavy (non-hydrogen) atoms. The highest BCUT2D eigenvalue weighted by Crippen LogP contribution is 1.95. The molecule has 0 atom stereocenters. The molecule has 0 amide bonds. The lowest BCUT2D eigenvalue weighted by atomic mass is 10.3. The number of ether oxygens (including phenoxy) is 1. The van der Waals surface area contributed by atoms with Crippen molar-refractivity contribution in [3.8, 4) is 0 Å². The summed E-state index contributed by atoms with van der Waals surface area (Å²) in [5, 5.41) is 0. The zero-order valence-corrected chi connectivity index (χ0v) is 7.43. The summed E-state index contributed by atoms with van der Waals surface area (Å²) in [4.78, 5) is 38.6. The lowest BCUT2D eigenvalue weighted by molar-refractivity contribution is -0.248. The van der Waals surface area contributed by atoms with Gasteiger partial charge >= 0.3 is 18.4 Å². The predicted molar refractivity (Wildman–Crippen MR) is 43.6 cm³/mol. The average molecular weight is 202 g/mol. The quantitative estimate of drug-likeness (QED) is 0.192. The van der Waals surface area contributed by atoms with Crippen LogP contribution in [0.5, 0.6) is 0 Å². The summed E-state index contributed by atoms with van der Waals surface area (Å²) in [5.41, 5.74) is 0. The standard InChI is InChI=1S/C8H10O6/c1-2-5-12-7(10)3-4-8(11)14-13-6-9/h2,6H,1,3-5H2. The SMILES string of the molecule is C=CCOC(=O)CCC(=O)OOC=O. The Balaban J connectivity index is 3.50. The summed E-state index contributed by atoms with van der Waals surface area (Å²) < 4.78 is 4.57. The third-order valence-electron chi connectivity index (χ3n) is 1.08. The third kappa shape index (κ3) is 6.84. The second-order valence-corrected chi connectivity index (χ2v) is 2.12. The van der Waals surface area contributed by atoms with Crippen molar-refractivity contribution in [3.63, 3.8) is 0 Å². The van der Waals surface area contributed by atoms with E-state index in [0.717, 1.165) is 0 Å². The Labute approximate surface area is 80.4 Å². The van der Waals surface area contributed by atoms with E-state index < -0.39 is 11.9 Å². The van der Waals surface area contributed by atoms with Crippen molar-refractivity contribution in [1.82, 2.24) is 0 Å². The van der Waals surface area contributed by atoms with Gasteiger partial charge in [0.2, 0.25) is 0 Å². The van der Waals surface area contributed by atoms with Crippen LogP contribution in [-0.4, -0.2) is 25.0 Å². The third-order valence-corrected chi connectivity index (χ3v) is 1.08. The molecule has 0 unspecified atom stereocenters. The van der Waals surface area contributed by atoms with Crippen molar-refractivity contribution in [2.75, 3.05) is 6.61 Å². The molecule has 78 valence electrons. The summed E-state index contributed by atoms with van der Waals surface area (Å²) in [5.74, 6) is -1.36. The molecule has 0 rings (SSSR count). The van der Waals surface area contributed by atoms with E-state index in [1.165, 1.54) is 6.08 Å². The minimum Gasteiger partial charge on any atom is -0.461 e. The van der Waals surface area contributed by atoms with E-state index >= 15 is 0 Å². The highest BCUT2D eigenvalue weighted by molar-refractivity contribution is 5.77. The maximum absolute atomic E-state index is 10.8. The molecule has 0 aliphatic heterocycles. The topological polar surface area (TPSA) is 78.9 Å². The van der Waals surface area contributed by atoms with E-state index in [0.29, 0.717) is 0 Å². The minimum absolute atomic E-state index is 0.0338. The fourth-order valence-electron chi connectivity index (χ4n) is 0.543. The van der Waals surface area contributed by atoms with Crippen molar-refractivity contribution in [2.24, 2.45) is 0 Å². The zero-order chi connectivity index (χ0) is 10.8. The normalized spacial score (nSPS) is 8.57. The van der Waals surface area contributed by atoms with Crippen LogP contribution in [0.1, 0.15) is 12.8 Å². The first-order valence-corrected chi connectivity index (χ1v) is 3.77. The molecule has 6 nitrogen and oxygen atoms in total. The lowest BCUT2D eigenvalue weighted by Gasteiger charge is -2.00. The summed E-state index contributed by atoms with van der Waals surface area (Å²) >= 11 is 0. The van der Waals surface area contributed by atoms with E-state index in [-0.39, 0.29) is 25.9 Å². The van der Waals surface area contributed by atoms with Gasteiger partial charge in [0.25, 0.3) is 0 Å². The Bertz CT molecular complexity index is 198. The Morgan fingerprint density at radius 2 is 1.86 bits per heavy atom. The molecule has 0 saturated carbocycles. The summed E-state index contributed by atoms with van der Waals surface area (Å²) in [6, 6.07) is 0. The highest BCUT2D eigenvalue weighted by atomic mass is 17.2. The van der Waals surface area contributed by atoms with Crippen molar-refractivity contribution >= 4 is 18.4 Å². The van der Waals surface area contributed by atoms with Crippen LogP contribution in [0.4, 0.5) is 0 Å². The molecule has 0 heterocycles. The number of carbonyl (C=O) groups is 3. The number of rotatable bonds is 7. The van der Waals surface area contributed by atoms with Crippen LogP contribution in [-0.2, 0) is 28.9 Å². The molecular formula is C8H10O6. The second-order valence-electron chi connectivity index (χ2n) is 2.12. The monoisotopic (exact) mass is 202 g/mol.